The number of hydrogen-bond donors (Lipinski definition) is 1. The molecular weight excluding hydrogens is 304 g/mol. The minimum absolute atomic E-state index is 0.496. The molecule has 0 spiro atoms. The van der Waals surface area contributed by atoms with Crippen LogP contribution < -0.4 is 4.74 Å². The molecule has 1 N–H and O–H groups in total. The Kier molecular flexibility index (Phi) is 4.27. The highest BCUT2D eigenvalue weighted by Gasteiger charge is 2.08. The molecule has 2 aromatic carbocycles. The van der Waals surface area contributed by atoms with Crippen LogP contribution in [0.25, 0.3) is 0 Å². The van der Waals surface area contributed by atoms with E-state index < -0.39 is 6.10 Å². The number of halogens is 1. The van der Waals surface area contributed by atoms with E-state index in [9.17, 15) is 5.11 Å². The Morgan fingerprint density at radius 2 is 1.84 bits per heavy atom. The molecule has 0 aliphatic rings. The lowest BCUT2D eigenvalue weighted by Gasteiger charge is -2.12. The van der Waals surface area contributed by atoms with Crippen LogP contribution in [0.3, 0.4) is 0 Å². The van der Waals surface area contributed by atoms with Crippen LogP contribution in [0.1, 0.15) is 29.7 Å². The minimum Gasteiger partial charge on any atom is -0.457 e. The smallest absolute Gasteiger partial charge is 0.130 e. The van der Waals surface area contributed by atoms with Crippen molar-refractivity contribution in [3.63, 3.8) is 0 Å². The first-order valence-corrected chi connectivity index (χ1v) is 6.99. The predicted molar refractivity (Wildman–Crippen MR) is 80.8 cm³/mol. The van der Waals surface area contributed by atoms with Crippen LogP contribution in [-0.4, -0.2) is 5.11 Å². The Labute approximate surface area is 122 Å². The number of aliphatic hydroxyl groups excluding tert-OH is 1. The summed E-state index contributed by atoms with van der Waals surface area (Å²) in [5, 5.41) is 9.59. The highest BCUT2D eigenvalue weighted by molar-refractivity contribution is 9.10. The summed E-state index contributed by atoms with van der Waals surface area (Å²) in [5.74, 6) is 1.60. The van der Waals surface area contributed by atoms with Gasteiger partial charge in [0.2, 0.25) is 0 Å². The molecule has 0 aromatic heterocycles. The van der Waals surface area contributed by atoms with Gasteiger partial charge in [-0.05, 0) is 50.1 Å². The predicted octanol–water partition coefficient (Wildman–Crippen LogP) is 4.91. The van der Waals surface area contributed by atoms with Crippen molar-refractivity contribution < 1.29 is 9.84 Å². The van der Waals surface area contributed by atoms with Crippen molar-refractivity contribution in [3.8, 4) is 11.5 Å². The normalized spacial score (nSPS) is 12.3. The zero-order chi connectivity index (χ0) is 14.0. The van der Waals surface area contributed by atoms with Gasteiger partial charge >= 0.3 is 0 Å². The van der Waals surface area contributed by atoms with E-state index in [0.29, 0.717) is 0 Å². The molecule has 2 nitrogen and oxygen atoms in total. The SMILES string of the molecule is Cc1ccc(Oc2ccc([C@H](C)O)c(Br)c2)c(C)c1. The van der Waals surface area contributed by atoms with Crippen molar-refractivity contribution in [1.29, 1.82) is 0 Å². The van der Waals surface area contributed by atoms with E-state index in [0.717, 1.165) is 27.1 Å². The Hall–Kier alpha value is -1.32. The van der Waals surface area contributed by atoms with Gasteiger partial charge in [0.1, 0.15) is 11.5 Å². The molecule has 100 valence electrons. The topological polar surface area (TPSA) is 29.5 Å². The molecular formula is C16H17BrO2. The highest BCUT2D eigenvalue weighted by atomic mass is 79.9. The van der Waals surface area contributed by atoms with Crippen LogP contribution in [0.5, 0.6) is 11.5 Å². The van der Waals surface area contributed by atoms with Gasteiger partial charge in [0, 0.05) is 4.47 Å². The third-order valence-electron chi connectivity index (χ3n) is 2.98. The summed E-state index contributed by atoms with van der Waals surface area (Å²) < 4.78 is 6.72. The maximum absolute atomic E-state index is 9.59. The van der Waals surface area contributed by atoms with Gasteiger partial charge in [-0.3, -0.25) is 0 Å². The van der Waals surface area contributed by atoms with Gasteiger partial charge in [-0.15, -0.1) is 0 Å². The van der Waals surface area contributed by atoms with Gasteiger partial charge in [0.15, 0.2) is 0 Å². The van der Waals surface area contributed by atoms with Crippen LogP contribution in [0.4, 0.5) is 0 Å². The van der Waals surface area contributed by atoms with Crippen LogP contribution in [0, 0.1) is 13.8 Å². The number of hydrogen-bond acceptors (Lipinski definition) is 2. The lowest BCUT2D eigenvalue weighted by Crippen LogP contribution is -1.94. The van der Waals surface area contributed by atoms with Crippen LogP contribution in [0.15, 0.2) is 40.9 Å². The molecule has 0 radical (unpaired) electrons. The molecule has 0 saturated heterocycles. The monoisotopic (exact) mass is 320 g/mol. The van der Waals surface area contributed by atoms with E-state index in [1.807, 2.05) is 37.3 Å². The van der Waals surface area contributed by atoms with Crippen LogP contribution in [0.2, 0.25) is 0 Å². The van der Waals surface area contributed by atoms with Gasteiger partial charge in [0.25, 0.3) is 0 Å². The molecule has 2 aromatic rings. The van der Waals surface area contributed by atoms with E-state index in [-0.39, 0.29) is 0 Å². The second kappa shape index (κ2) is 5.76. The molecule has 0 aliphatic heterocycles. The van der Waals surface area contributed by atoms with E-state index >= 15 is 0 Å². The van der Waals surface area contributed by atoms with Crippen molar-refractivity contribution >= 4 is 15.9 Å². The number of ether oxygens (including phenoxy) is 1. The quantitative estimate of drug-likeness (QED) is 0.870. The van der Waals surface area contributed by atoms with E-state index in [1.54, 1.807) is 6.92 Å². The standard InChI is InChI=1S/C16H17BrO2/c1-10-4-7-16(11(2)8-10)19-13-5-6-14(12(3)18)15(17)9-13/h4-9,12,18H,1-3H3/t12-/m0/s1. The Bertz CT molecular complexity index is 591. The van der Waals surface area contributed by atoms with Gasteiger partial charge in [-0.25, -0.2) is 0 Å². The summed E-state index contributed by atoms with van der Waals surface area (Å²) >= 11 is 3.45. The first kappa shape index (κ1) is 14.1. The van der Waals surface area contributed by atoms with E-state index in [1.165, 1.54) is 5.56 Å². The summed E-state index contributed by atoms with van der Waals surface area (Å²) in [5.41, 5.74) is 3.18. The van der Waals surface area contributed by atoms with Crippen molar-refractivity contribution in [2.75, 3.05) is 0 Å². The molecule has 0 unspecified atom stereocenters. The van der Waals surface area contributed by atoms with Gasteiger partial charge in [-0.1, -0.05) is 39.7 Å². The average Bonchev–Trinajstić information content (AvgIpc) is 2.32. The third kappa shape index (κ3) is 3.37. The largest absolute Gasteiger partial charge is 0.457 e. The number of rotatable bonds is 3. The first-order valence-electron chi connectivity index (χ1n) is 6.20. The number of benzene rings is 2. The molecule has 0 amide bonds. The Morgan fingerprint density at radius 1 is 1.11 bits per heavy atom. The fourth-order valence-corrected chi connectivity index (χ4v) is 2.64. The fraction of sp³-hybridized carbons (Fsp3) is 0.250. The van der Waals surface area contributed by atoms with Crippen molar-refractivity contribution in [2.24, 2.45) is 0 Å². The Balaban J connectivity index is 2.26. The van der Waals surface area contributed by atoms with E-state index in [2.05, 4.69) is 28.9 Å². The van der Waals surface area contributed by atoms with Crippen molar-refractivity contribution in [3.05, 3.63) is 57.6 Å². The summed E-state index contributed by atoms with van der Waals surface area (Å²) in [6, 6.07) is 11.7. The molecule has 2 rings (SSSR count). The van der Waals surface area contributed by atoms with Crippen LogP contribution in [-0.2, 0) is 0 Å². The summed E-state index contributed by atoms with van der Waals surface area (Å²) in [6.45, 7) is 5.83. The van der Waals surface area contributed by atoms with Crippen molar-refractivity contribution in [1.82, 2.24) is 0 Å². The lowest BCUT2D eigenvalue weighted by atomic mass is 10.1. The molecule has 19 heavy (non-hydrogen) atoms. The summed E-state index contributed by atoms with van der Waals surface area (Å²) in [7, 11) is 0. The molecule has 1 atom stereocenters. The number of aliphatic hydroxyl groups is 1. The molecule has 0 bridgehead atoms. The summed E-state index contributed by atoms with van der Waals surface area (Å²) in [6.07, 6.45) is -0.496. The minimum atomic E-state index is -0.496. The average molecular weight is 321 g/mol. The van der Waals surface area contributed by atoms with Crippen LogP contribution >= 0.6 is 15.9 Å². The second-order valence-corrected chi connectivity index (χ2v) is 5.58. The maximum atomic E-state index is 9.59. The molecule has 0 fully saturated rings. The van der Waals surface area contributed by atoms with Gasteiger partial charge < -0.3 is 9.84 Å². The fourth-order valence-electron chi connectivity index (χ4n) is 1.95. The second-order valence-electron chi connectivity index (χ2n) is 4.73. The molecule has 0 heterocycles. The molecule has 0 saturated carbocycles. The molecule has 3 heteroatoms. The molecule has 0 aliphatic carbocycles. The first-order chi connectivity index (χ1) is 8.97. The summed E-state index contributed by atoms with van der Waals surface area (Å²) in [4.78, 5) is 0. The Morgan fingerprint density at radius 3 is 2.42 bits per heavy atom. The third-order valence-corrected chi connectivity index (χ3v) is 3.67. The highest BCUT2D eigenvalue weighted by Crippen LogP contribution is 2.31. The van der Waals surface area contributed by atoms with Crippen molar-refractivity contribution in [2.45, 2.75) is 26.9 Å². The lowest BCUT2D eigenvalue weighted by molar-refractivity contribution is 0.198. The zero-order valence-corrected chi connectivity index (χ0v) is 12.9. The van der Waals surface area contributed by atoms with Gasteiger partial charge in [-0.2, -0.15) is 0 Å². The maximum Gasteiger partial charge on any atom is 0.130 e. The zero-order valence-electron chi connectivity index (χ0n) is 11.3. The number of aryl methyl sites for hydroxylation is 2. The van der Waals surface area contributed by atoms with Gasteiger partial charge in [0.05, 0.1) is 6.10 Å². The van der Waals surface area contributed by atoms with E-state index in [4.69, 9.17) is 4.74 Å².